The zero-order valence-corrected chi connectivity index (χ0v) is 14.7. The summed E-state index contributed by atoms with van der Waals surface area (Å²) in [6.07, 6.45) is 7.89. The van der Waals surface area contributed by atoms with Crippen molar-refractivity contribution in [1.29, 1.82) is 0 Å². The summed E-state index contributed by atoms with van der Waals surface area (Å²) < 4.78 is 1.54. The largest absolute Gasteiger partial charge is 0.492 e. The highest BCUT2D eigenvalue weighted by atomic mass is 32.1. The Bertz CT molecular complexity index is 773. The number of hydrogen-bond acceptors (Lipinski definition) is 6. The molecule has 1 N–H and O–H groups in total. The fraction of sp³-hybridized carbons (Fsp3) is 0.500. The van der Waals surface area contributed by atoms with E-state index in [9.17, 15) is 5.11 Å². The summed E-state index contributed by atoms with van der Waals surface area (Å²) in [4.78, 5) is 8.35. The summed E-state index contributed by atoms with van der Waals surface area (Å²) in [6.45, 7) is 0. The van der Waals surface area contributed by atoms with Crippen molar-refractivity contribution in [2.45, 2.75) is 44.2 Å². The molecule has 4 rings (SSSR count). The summed E-state index contributed by atoms with van der Waals surface area (Å²) in [7, 11) is 2.19. The van der Waals surface area contributed by atoms with Gasteiger partial charge in [0.1, 0.15) is 6.33 Å². The lowest BCUT2D eigenvalue weighted by atomic mass is 9.92. The van der Waals surface area contributed by atoms with Crippen LogP contribution >= 0.6 is 22.7 Å². The van der Waals surface area contributed by atoms with Gasteiger partial charge >= 0.3 is 0 Å². The fourth-order valence-electron chi connectivity index (χ4n) is 3.57. The lowest BCUT2D eigenvalue weighted by Gasteiger charge is -2.36. The Balaban J connectivity index is 1.76. The Morgan fingerprint density at radius 2 is 2.17 bits per heavy atom. The van der Waals surface area contributed by atoms with Gasteiger partial charge in [-0.2, -0.15) is 21.0 Å². The van der Waals surface area contributed by atoms with Gasteiger partial charge < -0.3 is 5.11 Å². The molecule has 122 valence electrons. The summed E-state index contributed by atoms with van der Waals surface area (Å²) >= 11 is 3.23. The van der Waals surface area contributed by atoms with E-state index < -0.39 is 0 Å². The van der Waals surface area contributed by atoms with Crippen molar-refractivity contribution in [3.8, 4) is 5.88 Å². The minimum absolute atomic E-state index is 0.0675. The van der Waals surface area contributed by atoms with Crippen molar-refractivity contribution < 1.29 is 5.11 Å². The fourth-order valence-corrected chi connectivity index (χ4v) is 5.36. The SMILES string of the molecule is CN(C1CCCCC1)C(c1ccsc1)c1sc2ncnn2c1O. The van der Waals surface area contributed by atoms with E-state index in [1.54, 1.807) is 11.3 Å². The Morgan fingerprint density at radius 1 is 1.35 bits per heavy atom. The molecular formula is C16H20N4OS2. The van der Waals surface area contributed by atoms with Crippen LogP contribution in [-0.2, 0) is 0 Å². The summed E-state index contributed by atoms with van der Waals surface area (Å²) in [5.74, 6) is 0.223. The Labute approximate surface area is 143 Å². The van der Waals surface area contributed by atoms with Crippen LogP contribution in [0.1, 0.15) is 48.6 Å². The number of aromatic nitrogens is 3. The minimum Gasteiger partial charge on any atom is -0.492 e. The van der Waals surface area contributed by atoms with Crippen LogP contribution < -0.4 is 0 Å². The normalized spacial score (nSPS) is 18.0. The maximum atomic E-state index is 10.6. The van der Waals surface area contributed by atoms with E-state index in [-0.39, 0.29) is 11.9 Å². The molecule has 1 unspecified atom stereocenters. The smallest absolute Gasteiger partial charge is 0.230 e. The second kappa shape index (κ2) is 6.22. The second-order valence-electron chi connectivity index (χ2n) is 6.16. The van der Waals surface area contributed by atoms with Gasteiger partial charge in [-0.25, -0.2) is 4.98 Å². The molecule has 3 aromatic rings. The average molecular weight is 348 g/mol. The number of aromatic hydroxyl groups is 1. The highest BCUT2D eigenvalue weighted by molar-refractivity contribution is 7.17. The predicted octanol–water partition coefficient (Wildman–Crippen LogP) is 3.91. The van der Waals surface area contributed by atoms with E-state index in [1.165, 1.54) is 59.8 Å². The van der Waals surface area contributed by atoms with Crippen LogP contribution in [0.2, 0.25) is 0 Å². The van der Waals surface area contributed by atoms with Gasteiger partial charge in [0.2, 0.25) is 10.8 Å². The van der Waals surface area contributed by atoms with Crippen LogP contribution in [0.25, 0.3) is 4.96 Å². The van der Waals surface area contributed by atoms with Crippen molar-refractivity contribution in [3.63, 3.8) is 0 Å². The quantitative estimate of drug-likeness (QED) is 0.777. The second-order valence-corrected chi connectivity index (χ2v) is 7.95. The molecule has 0 amide bonds. The molecule has 5 nitrogen and oxygen atoms in total. The molecule has 3 aromatic heterocycles. The van der Waals surface area contributed by atoms with Crippen molar-refractivity contribution in [2.75, 3.05) is 7.05 Å². The van der Waals surface area contributed by atoms with E-state index >= 15 is 0 Å². The molecule has 1 aliphatic carbocycles. The van der Waals surface area contributed by atoms with Crippen molar-refractivity contribution in [3.05, 3.63) is 33.6 Å². The molecule has 0 bridgehead atoms. The first-order valence-corrected chi connectivity index (χ1v) is 9.77. The van der Waals surface area contributed by atoms with E-state index in [2.05, 4.69) is 38.9 Å². The first-order valence-electron chi connectivity index (χ1n) is 8.01. The lowest BCUT2D eigenvalue weighted by Crippen LogP contribution is -2.36. The van der Waals surface area contributed by atoms with E-state index in [4.69, 9.17) is 0 Å². The van der Waals surface area contributed by atoms with Crippen molar-refractivity contribution in [2.24, 2.45) is 0 Å². The molecule has 7 heteroatoms. The maximum absolute atomic E-state index is 10.6. The molecule has 0 spiro atoms. The Kier molecular flexibility index (Phi) is 4.09. The highest BCUT2D eigenvalue weighted by Crippen LogP contribution is 2.41. The van der Waals surface area contributed by atoms with Crippen LogP contribution in [0.5, 0.6) is 5.88 Å². The van der Waals surface area contributed by atoms with E-state index in [0.29, 0.717) is 6.04 Å². The van der Waals surface area contributed by atoms with E-state index in [1.807, 2.05) is 0 Å². The molecule has 1 atom stereocenters. The van der Waals surface area contributed by atoms with Gasteiger partial charge in [-0.3, -0.25) is 4.90 Å². The summed E-state index contributed by atoms with van der Waals surface area (Å²) in [5, 5.41) is 19.0. The van der Waals surface area contributed by atoms with Crippen molar-refractivity contribution >= 4 is 27.6 Å². The molecule has 1 aliphatic rings. The number of thiazole rings is 1. The van der Waals surface area contributed by atoms with Crippen LogP contribution in [0, 0.1) is 0 Å². The zero-order chi connectivity index (χ0) is 15.8. The highest BCUT2D eigenvalue weighted by Gasteiger charge is 2.31. The average Bonchev–Trinajstić information content (AvgIpc) is 3.30. The number of fused-ring (bicyclic) bond motifs is 1. The van der Waals surface area contributed by atoms with Crippen LogP contribution in [-0.4, -0.2) is 37.7 Å². The third kappa shape index (κ3) is 2.66. The van der Waals surface area contributed by atoms with Gasteiger partial charge in [0.15, 0.2) is 0 Å². The lowest BCUT2D eigenvalue weighted by molar-refractivity contribution is 0.157. The Morgan fingerprint density at radius 3 is 2.87 bits per heavy atom. The third-order valence-electron chi connectivity index (χ3n) is 4.80. The molecule has 0 aromatic carbocycles. The zero-order valence-electron chi connectivity index (χ0n) is 13.1. The molecule has 0 radical (unpaired) electrons. The molecule has 3 heterocycles. The van der Waals surface area contributed by atoms with Gasteiger partial charge in [0.25, 0.3) is 0 Å². The predicted molar refractivity (Wildman–Crippen MR) is 93.3 cm³/mol. The molecule has 0 saturated heterocycles. The van der Waals surface area contributed by atoms with Gasteiger partial charge in [-0.1, -0.05) is 30.6 Å². The monoisotopic (exact) mass is 348 g/mol. The molecule has 1 saturated carbocycles. The van der Waals surface area contributed by atoms with Gasteiger partial charge in [0.05, 0.1) is 10.9 Å². The summed E-state index contributed by atoms with van der Waals surface area (Å²) in [6, 6.07) is 2.79. The van der Waals surface area contributed by atoms with Crippen molar-refractivity contribution in [1.82, 2.24) is 19.5 Å². The number of thiophene rings is 1. The standard InChI is InChI=1S/C16H20N4OS2/c1-19(12-5-3-2-4-6-12)13(11-7-8-22-9-11)14-15(21)20-16(23-14)17-10-18-20/h7-10,12-13,21H,2-6H2,1H3. The topological polar surface area (TPSA) is 53.7 Å². The molecular weight excluding hydrogens is 328 g/mol. The molecule has 1 fully saturated rings. The first kappa shape index (κ1) is 15.1. The van der Waals surface area contributed by atoms with Gasteiger partial charge in [-0.15, -0.1) is 0 Å². The molecule has 0 aliphatic heterocycles. The first-order chi connectivity index (χ1) is 11.3. The van der Waals surface area contributed by atoms with Crippen LogP contribution in [0.3, 0.4) is 0 Å². The van der Waals surface area contributed by atoms with E-state index in [0.717, 1.165) is 9.84 Å². The number of rotatable bonds is 4. The number of hydrogen-bond donors (Lipinski definition) is 1. The van der Waals surface area contributed by atoms with Crippen LogP contribution in [0.15, 0.2) is 23.2 Å². The van der Waals surface area contributed by atoms with Gasteiger partial charge in [0, 0.05) is 6.04 Å². The van der Waals surface area contributed by atoms with Crippen LogP contribution in [0.4, 0.5) is 0 Å². The Hall–Kier alpha value is -1.44. The maximum Gasteiger partial charge on any atom is 0.230 e. The molecule has 23 heavy (non-hydrogen) atoms. The third-order valence-corrected chi connectivity index (χ3v) is 6.59. The minimum atomic E-state index is 0.0675. The number of nitrogens with zero attached hydrogens (tertiary/aromatic N) is 4. The summed E-state index contributed by atoms with van der Waals surface area (Å²) in [5.41, 5.74) is 1.24. The van der Waals surface area contributed by atoms with Gasteiger partial charge in [-0.05, 0) is 42.3 Å².